The lowest BCUT2D eigenvalue weighted by atomic mass is 10.2. The highest BCUT2D eigenvalue weighted by atomic mass is 32.1. The molecule has 1 aromatic rings. The Morgan fingerprint density at radius 1 is 1.55 bits per heavy atom. The molecule has 0 atom stereocenters. The zero-order chi connectivity index (χ0) is 14.8. The van der Waals surface area contributed by atoms with Crippen LogP contribution in [0.4, 0.5) is 0 Å². The van der Waals surface area contributed by atoms with E-state index in [0.717, 1.165) is 18.7 Å². The van der Waals surface area contributed by atoms with Crippen molar-refractivity contribution in [1.82, 2.24) is 10.2 Å². The van der Waals surface area contributed by atoms with E-state index < -0.39 is 0 Å². The molecule has 1 rings (SSSR count). The summed E-state index contributed by atoms with van der Waals surface area (Å²) in [6, 6.07) is 1.84. The van der Waals surface area contributed by atoms with Gasteiger partial charge in [0.05, 0.1) is 13.2 Å². The molecular weight excluding hydrogens is 274 g/mol. The Bertz CT molecular complexity index is 476. The summed E-state index contributed by atoms with van der Waals surface area (Å²) in [5.41, 5.74) is 6.08. The van der Waals surface area contributed by atoms with Crippen molar-refractivity contribution < 1.29 is 9.53 Å². The number of nitrogens with two attached hydrogens (primary N) is 1. The monoisotopic (exact) mass is 295 g/mol. The van der Waals surface area contributed by atoms with Crippen molar-refractivity contribution >= 4 is 17.2 Å². The second kappa shape index (κ2) is 9.50. The van der Waals surface area contributed by atoms with E-state index >= 15 is 0 Å². The molecule has 20 heavy (non-hydrogen) atoms. The fraction of sp³-hybridized carbons (Fsp3) is 0.500. The third kappa shape index (κ3) is 5.72. The van der Waals surface area contributed by atoms with Gasteiger partial charge in [0.2, 0.25) is 0 Å². The average Bonchev–Trinajstić information content (AvgIpc) is 2.91. The van der Waals surface area contributed by atoms with Crippen molar-refractivity contribution in [2.45, 2.75) is 0 Å². The summed E-state index contributed by atoms with van der Waals surface area (Å²) in [7, 11) is 3.67. The Balaban J connectivity index is 2.41. The maximum Gasteiger partial charge on any atom is 0.262 e. The Hall–Kier alpha value is -1.39. The number of rotatable bonds is 7. The molecule has 0 aromatic carbocycles. The van der Waals surface area contributed by atoms with E-state index in [2.05, 4.69) is 22.1 Å². The third-order valence-electron chi connectivity index (χ3n) is 2.65. The summed E-state index contributed by atoms with van der Waals surface area (Å²) in [5, 5.41) is 4.76. The summed E-state index contributed by atoms with van der Waals surface area (Å²) in [4.78, 5) is 14.8. The molecule has 0 bridgehead atoms. The number of nitrogens with one attached hydrogen (secondary N) is 1. The fourth-order valence-electron chi connectivity index (χ4n) is 1.53. The van der Waals surface area contributed by atoms with E-state index in [1.54, 1.807) is 7.11 Å². The first-order valence-electron chi connectivity index (χ1n) is 6.41. The minimum Gasteiger partial charge on any atom is -0.383 e. The molecular formula is C14H21N3O2S. The number of carbonyl (C=O) groups excluding carboxylic acids is 1. The van der Waals surface area contributed by atoms with Gasteiger partial charge in [-0.05, 0) is 18.5 Å². The predicted molar refractivity (Wildman–Crippen MR) is 82.0 cm³/mol. The molecule has 0 aliphatic carbocycles. The molecule has 5 nitrogen and oxygen atoms in total. The molecule has 1 heterocycles. The maximum absolute atomic E-state index is 12.0. The van der Waals surface area contributed by atoms with Crippen molar-refractivity contribution in [3.8, 4) is 11.8 Å². The largest absolute Gasteiger partial charge is 0.383 e. The highest BCUT2D eigenvalue weighted by Crippen LogP contribution is 2.15. The molecule has 0 saturated heterocycles. The van der Waals surface area contributed by atoms with E-state index in [1.807, 2.05) is 18.5 Å². The van der Waals surface area contributed by atoms with Gasteiger partial charge in [-0.2, -0.15) is 0 Å². The summed E-state index contributed by atoms with van der Waals surface area (Å²) in [6.45, 7) is 3.21. The summed E-state index contributed by atoms with van der Waals surface area (Å²) < 4.78 is 5.00. The van der Waals surface area contributed by atoms with Crippen molar-refractivity contribution in [2.24, 2.45) is 5.73 Å². The van der Waals surface area contributed by atoms with Crippen molar-refractivity contribution in [2.75, 3.05) is 46.9 Å². The molecule has 110 valence electrons. The van der Waals surface area contributed by atoms with Gasteiger partial charge < -0.3 is 20.7 Å². The number of methoxy groups -OCH3 is 1. The second-order valence-electron chi connectivity index (χ2n) is 4.22. The molecule has 6 heteroatoms. The number of hydrogen-bond donors (Lipinski definition) is 2. The van der Waals surface area contributed by atoms with Crippen LogP contribution in [0.2, 0.25) is 0 Å². The molecule has 0 spiro atoms. The Kier molecular flexibility index (Phi) is 7.92. The van der Waals surface area contributed by atoms with Crippen molar-refractivity contribution in [3.05, 3.63) is 21.9 Å². The lowest BCUT2D eigenvalue weighted by Crippen LogP contribution is -2.34. The van der Waals surface area contributed by atoms with Crippen molar-refractivity contribution in [1.29, 1.82) is 0 Å². The van der Waals surface area contributed by atoms with Crippen molar-refractivity contribution in [3.63, 3.8) is 0 Å². The van der Waals surface area contributed by atoms with Crippen LogP contribution in [0.25, 0.3) is 0 Å². The zero-order valence-corrected chi connectivity index (χ0v) is 12.8. The predicted octanol–water partition coefficient (Wildman–Crippen LogP) is 0.366. The van der Waals surface area contributed by atoms with Crippen LogP contribution in [0, 0.1) is 11.8 Å². The first kappa shape index (κ1) is 16.7. The molecule has 1 amide bonds. The van der Waals surface area contributed by atoms with Gasteiger partial charge >= 0.3 is 0 Å². The number of amides is 1. The minimum atomic E-state index is -0.0820. The van der Waals surface area contributed by atoms with Gasteiger partial charge in [0, 0.05) is 32.3 Å². The molecule has 1 aromatic heterocycles. The van der Waals surface area contributed by atoms with E-state index in [4.69, 9.17) is 10.5 Å². The number of likely N-dealkylation sites (N-methyl/N-ethyl adjacent to an activating group) is 1. The Morgan fingerprint density at radius 2 is 2.35 bits per heavy atom. The van der Waals surface area contributed by atoms with Gasteiger partial charge in [-0.25, -0.2) is 0 Å². The number of nitrogens with zero attached hydrogens (tertiary/aromatic N) is 1. The van der Waals surface area contributed by atoms with E-state index in [9.17, 15) is 4.79 Å². The summed E-state index contributed by atoms with van der Waals surface area (Å²) >= 11 is 1.39. The van der Waals surface area contributed by atoms with Crippen LogP contribution in [0.15, 0.2) is 11.4 Å². The maximum atomic E-state index is 12.0. The minimum absolute atomic E-state index is 0.0820. The quantitative estimate of drug-likeness (QED) is 0.713. The van der Waals surface area contributed by atoms with E-state index in [-0.39, 0.29) is 5.91 Å². The first-order valence-corrected chi connectivity index (χ1v) is 7.29. The second-order valence-corrected chi connectivity index (χ2v) is 5.14. The van der Waals surface area contributed by atoms with E-state index in [0.29, 0.717) is 24.6 Å². The highest BCUT2D eigenvalue weighted by molar-refractivity contribution is 7.12. The lowest BCUT2D eigenvalue weighted by Gasteiger charge is -2.15. The third-order valence-corrected chi connectivity index (χ3v) is 3.57. The zero-order valence-electron chi connectivity index (χ0n) is 11.9. The number of hydrogen-bond acceptors (Lipinski definition) is 5. The van der Waals surface area contributed by atoms with Crippen LogP contribution in [-0.2, 0) is 4.74 Å². The van der Waals surface area contributed by atoms with Crippen LogP contribution >= 0.6 is 11.3 Å². The molecule has 0 aliphatic rings. The van der Waals surface area contributed by atoms with Crippen LogP contribution in [0.5, 0.6) is 0 Å². The first-order chi connectivity index (χ1) is 9.69. The number of carbonyl (C=O) groups is 1. The van der Waals surface area contributed by atoms with Crippen LogP contribution in [0.1, 0.15) is 15.2 Å². The molecule has 0 aliphatic heterocycles. The molecule has 0 radical (unpaired) electrons. The molecule has 0 fully saturated rings. The summed E-state index contributed by atoms with van der Waals surface area (Å²) in [5.74, 6) is 5.59. The molecule has 0 saturated carbocycles. The Morgan fingerprint density at radius 3 is 3.05 bits per heavy atom. The highest BCUT2D eigenvalue weighted by Gasteiger charge is 2.11. The number of ether oxygens (including phenoxy) is 1. The fourth-order valence-corrected chi connectivity index (χ4v) is 2.29. The van der Waals surface area contributed by atoms with Crippen LogP contribution < -0.4 is 11.1 Å². The topological polar surface area (TPSA) is 67.6 Å². The van der Waals surface area contributed by atoms with Gasteiger partial charge in [0.15, 0.2) is 0 Å². The van der Waals surface area contributed by atoms with Gasteiger partial charge in [-0.1, -0.05) is 11.8 Å². The van der Waals surface area contributed by atoms with Gasteiger partial charge in [0.25, 0.3) is 5.91 Å². The van der Waals surface area contributed by atoms with Gasteiger partial charge in [0.1, 0.15) is 4.88 Å². The normalized spacial score (nSPS) is 10.2. The lowest BCUT2D eigenvalue weighted by molar-refractivity contribution is 0.0951. The van der Waals surface area contributed by atoms with Gasteiger partial charge in [-0.3, -0.25) is 4.79 Å². The van der Waals surface area contributed by atoms with Crippen LogP contribution in [-0.4, -0.2) is 57.8 Å². The standard InChI is InChI=1S/C14H21N3O2S/c1-17(9-10-19-2)8-7-16-14(18)13-12(4-3-6-15)5-11-20-13/h5,11H,6-10,15H2,1-2H3,(H,16,18). The van der Waals surface area contributed by atoms with Crippen LogP contribution in [0.3, 0.4) is 0 Å². The SMILES string of the molecule is COCCN(C)CCNC(=O)c1sccc1C#CCN. The average molecular weight is 295 g/mol. The molecule has 0 unspecified atom stereocenters. The van der Waals surface area contributed by atoms with E-state index in [1.165, 1.54) is 11.3 Å². The Labute approximate surface area is 124 Å². The number of thiophene rings is 1. The smallest absolute Gasteiger partial charge is 0.262 e. The van der Waals surface area contributed by atoms with Gasteiger partial charge in [-0.15, -0.1) is 11.3 Å². The summed E-state index contributed by atoms with van der Waals surface area (Å²) in [6.07, 6.45) is 0. The molecule has 3 N–H and O–H groups in total.